The number of Topliss-reactive ketones (excluding diaryl/α,β-unsaturated/α-hetero) is 1. The topological polar surface area (TPSA) is 17.1 Å². The normalized spacial score (nSPS) is 11.5. The molecule has 0 aliphatic heterocycles. The lowest BCUT2D eigenvalue weighted by Crippen LogP contribution is -2.12. The van der Waals surface area contributed by atoms with E-state index in [4.69, 9.17) is 0 Å². The van der Waals surface area contributed by atoms with Gasteiger partial charge in [0.15, 0.2) is 0 Å². The Morgan fingerprint density at radius 3 is 2.44 bits per heavy atom. The van der Waals surface area contributed by atoms with E-state index in [1.54, 1.807) is 0 Å². The van der Waals surface area contributed by atoms with Crippen molar-refractivity contribution >= 4 is 5.78 Å². The van der Waals surface area contributed by atoms with Crippen LogP contribution in [0.5, 0.6) is 0 Å². The summed E-state index contributed by atoms with van der Waals surface area (Å²) in [6.45, 7) is 1.83. The average Bonchev–Trinajstić information content (AvgIpc) is 2.17. The van der Waals surface area contributed by atoms with Gasteiger partial charge in [-0.05, 0) is 18.1 Å². The molecule has 0 saturated carbocycles. The van der Waals surface area contributed by atoms with Crippen LogP contribution in [0.25, 0.3) is 0 Å². The molecule has 0 saturated heterocycles. The molecule has 0 radical (unpaired) electrons. The van der Waals surface area contributed by atoms with Crippen molar-refractivity contribution in [3.8, 4) is 0 Å². The van der Waals surface area contributed by atoms with Crippen molar-refractivity contribution < 1.29 is 18.0 Å². The highest BCUT2D eigenvalue weighted by Crippen LogP contribution is 2.32. The van der Waals surface area contributed by atoms with Gasteiger partial charge in [0.25, 0.3) is 0 Å². The molecule has 0 aliphatic carbocycles. The van der Waals surface area contributed by atoms with Gasteiger partial charge in [-0.3, -0.25) is 4.79 Å². The van der Waals surface area contributed by atoms with E-state index in [2.05, 4.69) is 0 Å². The molecular weight excluding hydrogens is 217 g/mol. The molecule has 0 atom stereocenters. The van der Waals surface area contributed by atoms with Gasteiger partial charge in [-0.1, -0.05) is 25.1 Å². The zero-order valence-electron chi connectivity index (χ0n) is 8.97. The Morgan fingerprint density at radius 2 is 1.88 bits per heavy atom. The van der Waals surface area contributed by atoms with Gasteiger partial charge in [0.1, 0.15) is 5.78 Å². The summed E-state index contributed by atoms with van der Waals surface area (Å²) < 4.78 is 37.7. The third-order valence-electron chi connectivity index (χ3n) is 2.24. The number of rotatable bonds is 4. The summed E-state index contributed by atoms with van der Waals surface area (Å²) in [6.07, 6.45) is -3.54. The van der Waals surface area contributed by atoms with E-state index < -0.39 is 11.7 Å². The predicted molar refractivity (Wildman–Crippen MR) is 55.1 cm³/mol. The number of hydrogen-bond acceptors (Lipinski definition) is 1. The highest BCUT2D eigenvalue weighted by molar-refractivity contribution is 5.81. The Morgan fingerprint density at radius 1 is 1.25 bits per heavy atom. The van der Waals surface area contributed by atoms with Crippen LogP contribution in [0.15, 0.2) is 24.3 Å². The first-order valence-corrected chi connectivity index (χ1v) is 5.12. The lowest BCUT2D eigenvalue weighted by atomic mass is 10.0. The van der Waals surface area contributed by atoms with Crippen molar-refractivity contribution in [1.82, 2.24) is 0 Å². The van der Waals surface area contributed by atoms with Crippen LogP contribution in [0.2, 0.25) is 0 Å². The second kappa shape index (κ2) is 5.14. The minimum Gasteiger partial charge on any atom is -0.299 e. The smallest absolute Gasteiger partial charge is 0.299 e. The maximum absolute atomic E-state index is 12.6. The Balaban J connectivity index is 2.92. The van der Waals surface area contributed by atoms with E-state index in [0.29, 0.717) is 12.8 Å². The molecule has 0 bridgehead atoms. The second-order valence-electron chi connectivity index (χ2n) is 3.62. The van der Waals surface area contributed by atoms with Crippen LogP contribution in [-0.2, 0) is 17.4 Å². The Hall–Kier alpha value is -1.32. The van der Waals surface area contributed by atoms with Crippen LogP contribution in [0.4, 0.5) is 13.2 Å². The summed E-state index contributed by atoms with van der Waals surface area (Å²) in [5, 5.41) is 0. The van der Waals surface area contributed by atoms with E-state index in [0.717, 1.165) is 6.07 Å². The number of ketones is 1. The number of halogens is 3. The van der Waals surface area contributed by atoms with Crippen LogP contribution in [0.1, 0.15) is 30.9 Å². The first-order chi connectivity index (χ1) is 7.45. The van der Waals surface area contributed by atoms with Crippen molar-refractivity contribution in [3.05, 3.63) is 35.4 Å². The van der Waals surface area contributed by atoms with E-state index in [-0.39, 0.29) is 17.8 Å². The van der Waals surface area contributed by atoms with Gasteiger partial charge < -0.3 is 0 Å². The van der Waals surface area contributed by atoms with Gasteiger partial charge in [-0.15, -0.1) is 0 Å². The molecule has 1 nitrogen and oxygen atoms in total. The van der Waals surface area contributed by atoms with E-state index in [9.17, 15) is 18.0 Å². The average molecular weight is 230 g/mol. The number of alkyl halides is 3. The minimum atomic E-state index is -4.39. The van der Waals surface area contributed by atoms with E-state index in [1.165, 1.54) is 18.2 Å². The van der Waals surface area contributed by atoms with Gasteiger partial charge in [0.2, 0.25) is 0 Å². The molecule has 0 aliphatic rings. The molecule has 1 aromatic rings. The summed E-state index contributed by atoms with van der Waals surface area (Å²) in [6, 6.07) is 5.21. The number of hydrogen-bond donors (Lipinski definition) is 0. The van der Waals surface area contributed by atoms with Crippen molar-refractivity contribution in [2.24, 2.45) is 0 Å². The molecule has 88 valence electrons. The highest BCUT2D eigenvalue weighted by Gasteiger charge is 2.33. The molecule has 0 spiro atoms. The molecule has 0 heterocycles. The second-order valence-corrected chi connectivity index (χ2v) is 3.62. The van der Waals surface area contributed by atoms with Gasteiger partial charge >= 0.3 is 6.18 Å². The van der Waals surface area contributed by atoms with Crippen molar-refractivity contribution in [2.45, 2.75) is 32.4 Å². The lowest BCUT2D eigenvalue weighted by molar-refractivity contribution is -0.138. The monoisotopic (exact) mass is 230 g/mol. The molecule has 1 aromatic carbocycles. The summed E-state index contributed by atoms with van der Waals surface area (Å²) in [4.78, 5) is 11.3. The summed E-state index contributed by atoms with van der Waals surface area (Å²) in [7, 11) is 0. The first-order valence-electron chi connectivity index (χ1n) is 5.12. The fourth-order valence-corrected chi connectivity index (χ4v) is 1.53. The molecule has 0 amide bonds. The zero-order chi connectivity index (χ0) is 12.2. The lowest BCUT2D eigenvalue weighted by Gasteiger charge is -2.11. The molecule has 0 aromatic heterocycles. The van der Waals surface area contributed by atoms with Crippen molar-refractivity contribution in [3.63, 3.8) is 0 Å². The maximum Gasteiger partial charge on any atom is 0.416 e. The number of carbonyl (C=O) groups is 1. The summed E-state index contributed by atoms with van der Waals surface area (Å²) in [5.74, 6) is -0.154. The zero-order valence-corrected chi connectivity index (χ0v) is 8.97. The van der Waals surface area contributed by atoms with Gasteiger partial charge in [-0.2, -0.15) is 13.2 Å². The van der Waals surface area contributed by atoms with Gasteiger partial charge in [0.05, 0.1) is 5.56 Å². The quantitative estimate of drug-likeness (QED) is 0.772. The fourth-order valence-electron chi connectivity index (χ4n) is 1.53. The van der Waals surface area contributed by atoms with E-state index in [1.807, 2.05) is 6.92 Å². The molecule has 16 heavy (non-hydrogen) atoms. The SMILES string of the molecule is CCCC(=O)Cc1ccccc1C(F)(F)F. The third-order valence-corrected chi connectivity index (χ3v) is 2.24. The van der Waals surface area contributed by atoms with Crippen LogP contribution < -0.4 is 0 Å². The minimum absolute atomic E-state index is 0.0634. The molecule has 4 heteroatoms. The van der Waals surface area contributed by atoms with Gasteiger partial charge in [0, 0.05) is 12.8 Å². The maximum atomic E-state index is 12.6. The molecule has 0 fully saturated rings. The fraction of sp³-hybridized carbons (Fsp3) is 0.417. The Bertz CT molecular complexity index is 369. The predicted octanol–water partition coefficient (Wildman–Crippen LogP) is 3.62. The molecular formula is C12H13F3O. The van der Waals surface area contributed by atoms with Gasteiger partial charge in [-0.25, -0.2) is 0 Å². The highest BCUT2D eigenvalue weighted by atomic mass is 19.4. The Labute approximate surface area is 92.3 Å². The summed E-state index contributed by atoms with van der Waals surface area (Å²) >= 11 is 0. The van der Waals surface area contributed by atoms with Crippen LogP contribution in [-0.4, -0.2) is 5.78 Å². The summed E-state index contributed by atoms with van der Waals surface area (Å²) in [5.41, 5.74) is -0.645. The van der Waals surface area contributed by atoms with Crippen LogP contribution in [0.3, 0.4) is 0 Å². The van der Waals surface area contributed by atoms with Crippen LogP contribution in [0, 0.1) is 0 Å². The van der Waals surface area contributed by atoms with Crippen molar-refractivity contribution in [2.75, 3.05) is 0 Å². The largest absolute Gasteiger partial charge is 0.416 e. The van der Waals surface area contributed by atoms with Crippen LogP contribution >= 0.6 is 0 Å². The molecule has 0 unspecified atom stereocenters. The van der Waals surface area contributed by atoms with Crippen molar-refractivity contribution in [1.29, 1.82) is 0 Å². The molecule has 1 rings (SSSR count). The standard InChI is InChI=1S/C12H13F3O/c1-2-5-10(16)8-9-6-3-4-7-11(9)12(13,14)15/h3-4,6-7H,2,5,8H2,1H3. The third kappa shape index (κ3) is 3.36. The molecule has 0 N–H and O–H groups in total. The Kier molecular flexibility index (Phi) is 4.10. The first kappa shape index (κ1) is 12.7. The van der Waals surface area contributed by atoms with E-state index >= 15 is 0 Å². The number of carbonyl (C=O) groups excluding carboxylic acids is 1. The number of benzene rings is 1.